The first-order chi connectivity index (χ1) is 9.63. The van der Waals surface area contributed by atoms with Gasteiger partial charge in [-0.2, -0.15) is 0 Å². The maximum absolute atomic E-state index is 6.45. The van der Waals surface area contributed by atoms with Crippen LogP contribution < -0.4 is 0 Å². The van der Waals surface area contributed by atoms with Crippen LogP contribution in [0.25, 0.3) is 0 Å². The summed E-state index contributed by atoms with van der Waals surface area (Å²) in [5.74, 6) is 0. The zero-order chi connectivity index (χ0) is 14.2. The molecule has 2 saturated heterocycles. The first-order valence-electron chi connectivity index (χ1n) is 7.68. The number of rotatable bonds is 5. The molecule has 1 aromatic rings. The minimum Gasteiger partial charge on any atom is -0.370 e. The molecule has 1 aromatic carbocycles. The van der Waals surface area contributed by atoms with E-state index in [2.05, 4.69) is 60.7 Å². The normalized spacial score (nSPS) is 35.6. The van der Waals surface area contributed by atoms with Gasteiger partial charge in [0.2, 0.25) is 0 Å². The van der Waals surface area contributed by atoms with E-state index < -0.39 is 0 Å². The Kier molecular flexibility index (Phi) is 4.13. The lowest BCUT2D eigenvalue weighted by atomic mass is 9.77. The summed E-state index contributed by atoms with van der Waals surface area (Å²) in [6.45, 7) is 5.18. The van der Waals surface area contributed by atoms with Crippen molar-refractivity contribution >= 4 is 22.6 Å². The molecule has 0 spiro atoms. The van der Waals surface area contributed by atoms with Crippen molar-refractivity contribution in [3.05, 3.63) is 33.4 Å². The maximum Gasteiger partial charge on any atom is 0.0950 e. The smallest absolute Gasteiger partial charge is 0.0950 e. The summed E-state index contributed by atoms with van der Waals surface area (Å²) in [6, 6.07) is 8.45. The van der Waals surface area contributed by atoms with E-state index in [9.17, 15) is 0 Å². The third-order valence-electron chi connectivity index (χ3n) is 5.21. The van der Waals surface area contributed by atoms with Crippen LogP contribution in [0.2, 0.25) is 0 Å². The highest BCUT2D eigenvalue weighted by Crippen LogP contribution is 2.55. The molecule has 0 radical (unpaired) electrons. The Morgan fingerprint density at radius 3 is 2.75 bits per heavy atom. The highest BCUT2D eigenvalue weighted by atomic mass is 127. The molecule has 110 valence electrons. The van der Waals surface area contributed by atoms with Crippen molar-refractivity contribution in [3.63, 3.8) is 0 Å². The molecule has 0 saturated carbocycles. The second-order valence-electron chi connectivity index (χ2n) is 6.15. The molecule has 0 N–H and O–H groups in total. The molecule has 2 heterocycles. The van der Waals surface area contributed by atoms with Crippen LogP contribution in [-0.2, 0) is 16.1 Å². The fourth-order valence-electron chi connectivity index (χ4n) is 3.75. The van der Waals surface area contributed by atoms with Crippen LogP contribution in [0.5, 0.6) is 0 Å². The van der Waals surface area contributed by atoms with Crippen LogP contribution in [0.15, 0.2) is 24.3 Å². The third-order valence-corrected chi connectivity index (χ3v) is 6.26. The fourth-order valence-corrected chi connectivity index (χ4v) is 4.30. The van der Waals surface area contributed by atoms with Crippen molar-refractivity contribution in [3.8, 4) is 0 Å². The first-order valence-corrected chi connectivity index (χ1v) is 8.76. The minimum absolute atomic E-state index is 0.0176. The van der Waals surface area contributed by atoms with E-state index in [4.69, 9.17) is 9.47 Å². The summed E-state index contributed by atoms with van der Waals surface area (Å²) in [7, 11) is 0. The Hall–Kier alpha value is -0.130. The zero-order valence-corrected chi connectivity index (χ0v) is 14.5. The van der Waals surface area contributed by atoms with Gasteiger partial charge < -0.3 is 9.47 Å². The van der Waals surface area contributed by atoms with E-state index in [-0.39, 0.29) is 17.3 Å². The molecular weight excluding hydrogens is 363 g/mol. The number of hydrogen-bond donors (Lipinski definition) is 0. The van der Waals surface area contributed by atoms with Crippen molar-refractivity contribution in [2.75, 3.05) is 0 Å². The SMILES string of the molecule is CCC12CCC(CC)(O1)C(OCc1ccccc1I)C2. The highest BCUT2D eigenvalue weighted by molar-refractivity contribution is 14.1. The molecule has 3 atom stereocenters. The van der Waals surface area contributed by atoms with Crippen LogP contribution in [0.3, 0.4) is 0 Å². The predicted molar refractivity (Wildman–Crippen MR) is 88.7 cm³/mol. The average Bonchev–Trinajstić information content (AvgIpc) is 3.01. The molecule has 2 aliphatic rings. The fraction of sp³-hybridized carbons (Fsp3) is 0.647. The van der Waals surface area contributed by atoms with Crippen molar-refractivity contribution in [2.24, 2.45) is 0 Å². The standard InChI is InChI=1S/C17H23IO2/c1-3-16-9-10-17(4-2,20-16)15(11-16)19-12-13-7-5-6-8-14(13)18/h5-8,15H,3-4,9-12H2,1-2H3. The topological polar surface area (TPSA) is 18.5 Å². The Bertz CT molecular complexity index is 490. The molecule has 2 fully saturated rings. The average molecular weight is 386 g/mol. The van der Waals surface area contributed by atoms with Crippen molar-refractivity contribution in [2.45, 2.75) is 69.9 Å². The molecule has 2 bridgehead atoms. The van der Waals surface area contributed by atoms with Gasteiger partial charge in [-0.3, -0.25) is 0 Å². The summed E-state index contributed by atoms with van der Waals surface area (Å²) >= 11 is 2.38. The van der Waals surface area contributed by atoms with Gasteiger partial charge in [0.15, 0.2) is 0 Å². The van der Waals surface area contributed by atoms with Gasteiger partial charge in [0.05, 0.1) is 23.9 Å². The zero-order valence-electron chi connectivity index (χ0n) is 12.3. The number of benzene rings is 1. The van der Waals surface area contributed by atoms with Crippen LogP contribution >= 0.6 is 22.6 Å². The Labute approximate surface area is 135 Å². The third kappa shape index (κ3) is 2.42. The summed E-state index contributed by atoms with van der Waals surface area (Å²) in [5.41, 5.74) is 1.37. The number of hydrogen-bond acceptors (Lipinski definition) is 2. The van der Waals surface area contributed by atoms with Gasteiger partial charge in [-0.05, 0) is 59.9 Å². The molecule has 3 heteroatoms. The second kappa shape index (κ2) is 5.58. The van der Waals surface area contributed by atoms with Gasteiger partial charge in [0, 0.05) is 9.99 Å². The van der Waals surface area contributed by atoms with Crippen molar-refractivity contribution < 1.29 is 9.47 Å². The Morgan fingerprint density at radius 1 is 1.25 bits per heavy atom. The van der Waals surface area contributed by atoms with E-state index in [1.165, 1.54) is 15.6 Å². The first kappa shape index (κ1) is 14.8. The molecule has 2 aliphatic heterocycles. The lowest BCUT2D eigenvalue weighted by molar-refractivity contribution is -0.0996. The molecule has 0 amide bonds. The Balaban J connectivity index is 1.71. The highest BCUT2D eigenvalue weighted by Gasteiger charge is 2.60. The maximum atomic E-state index is 6.45. The lowest BCUT2D eigenvalue weighted by Crippen LogP contribution is -2.39. The molecule has 2 nitrogen and oxygen atoms in total. The summed E-state index contributed by atoms with van der Waals surface area (Å²) in [5, 5.41) is 0. The van der Waals surface area contributed by atoms with Crippen molar-refractivity contribution in [1.82, 2.24) is 0 Å². The second-order valence-corrected chi connectivity index (χ2v) is 7.31. The summed E-state index contributed by atoms with van der Waals surface area (Å²) < 4.78 is 14.0. The van der Waals surface area contributed by atoms with Crippen LogP contribution in [0.4, 0.5) is 0 Å². The number of fused-ring (bicyclic) bond motifs is 2. The van der Waals surface area contributed by atoms with E-state index in [0.717, 1.165) is 25.7 Å². The van der Waals surface area contributed by atoms with Gasteiger partial charge in [-0.15, -0.1) is 0 Å². The van der Waals surface area contributed by atoms with Crippen LogP contribution in [0.1, 0.15) is 51.5 Å². The molecule has 20 heavy (non-hydrogen) atoms. The largest absolute Gasteiger partial charge is 0.370 e. The van der Waals surface area contributed by atoms with Crippen molar-refractivity contribution in [1.29, 1.82) is 0 Å². The molecule has 3 rings (SSSR count). The van der Waals surface area contributed by atoms with Gasteiger partial charge in [0.1, 0.15) is 0 Å². The van der Waals surface area contributed by atoms with Gasteiger partial charge in [0.25, 0.3) is 0 Å². The van der Waals surface area contributed by atoms with E-state index >= 15 is 0 Å². The van der Waals surface area contributed by atoms with Crippen LogP contribution in [-0.4, -0.2) is 17.3 Å². The Morgan fingerprint density at radius 2 is 2.05 bits per heavy atom. The minimum atomic E-state index is -0.0176. The monoisotopic (exact) mass is 386 g/mol. The lowest BCUT2D eigenvalue weighted by Gasteiger charge is -2.32. The summed E-state index contributed by atoms with van der Waals surface area (Å²) in [6.07, 6.45) is 5.87. The molecule has 0 aliphatic carbocycles. The molecular formula is C17H23IO2. The predicted octanol–water partition coefficient (Wildman–Crippen LogP) is 4.69. The molecule has 0 aromatic heterocycles. The van der Waals surface area contributed by atoms with Crippen LogP contribution in [0, 0.1) is 3.57 Å². The molecule has 3 unspecified atom stereocenters. The van der Waals surface area contributed by atoms with Gasteiger partial charge >= 0.3 is 0 Å². The number of halogens is 1. The number of ether oxygens (including phenoxy) is 2. The van der Waals surface area contributed by atoms with E-state index in [1.54, 1.807) is 0 Å². The van der Waals surface area contributed by atoms with Gasteiger partial charge in [-0.25, -0.2) is 0 Å². The van der Waals surface area contributed by atoms with Gasteiger partial charge in [-0.1, -0.05) is 32.0 Å². The summed E-state index contributed by atoms with van der Waals surface area (Å²) in [4.78, 5) is 0. The quantitative estimate of drug-likeness (QED) is 0.684. The van der Waals surface area contributed by atoms with E-state index in [0.29, 0.717) is 6.61 Å². The van der Waals surface area contributed by atoms with E-state index in [1.807, 2.05) is 0 Å².